The van der Waals surface area contributed by atoms with Gasteiger partial charge in [-0.15, -0.1) is 0 Å². The Morgan fingerprint density at radius 3 is 2.56 bits per heavy atom. The van der Waals surface area contributed by atoms with Crippen molar-refractivity contribution in [1.82, 2.24) is 10.6 Å². The van der Waals surface area contributed by atoms with Gasteiger partial charge in [0.15, 0.2) is 0 Å². The molecular weight excluding hydrogens is 228 g/mol. The number of carbonyl (C=O) groups is 1. The van der Waals surface area contributed by atoms with Crippen LogP contribution in [-0.4, -0.2) is 37.2 Å². The van der Waals surface area contributed by atoms with Crippen molar-refractivity contribution in [3.05, 3.63) is 0 Å². The van der Waals surface area contributed by atoms with Gasteiger partial charge in [-0.2, -0.15) is 0 Å². The summed E-state index contributed by atoms with van der Waals surface area (Å²) >= 11 is 0. The van der Waals surface area contributed by atoms with Crippen molar-refractivity contribution in [2.45, 2.75) is 71.1 Å². The zero-order chi connectivity index (χ0) is 13.4. The Bertz CT molecular complexity index is 238. The molecule has 2 N–H and O–H groups in total. The van der Waals surface area contributed by atoms with Gasteiger partial charge in [-0.3, -0.25) is 4.79 Å². The lowest BCUT2D eigenvalue weighted by atomic mass is 10.2. The molecule has 4 nitrogen and oxygen atoms in total. The molecule has 18 heavy (non-hydrogen) atoms. The molecule has 0 aromatic carbocycles. The Kier molecular flexibility index (Phi) is 7.28. The van der Waals surface area contributed by atoms with Gasteiger partial charge < -0.3 is 15.4 Å². The molecule has 0 saturated heterocycles. The lowest BCUT2D eigenvalue weighted by Gasteiger charge is -2.17. The third-order valence-electron chi connectivity index (χ3n) is 3.31. The molecule has 106 valence electrons. The SMILES string of the molecule is CC(C)NCCCOC(C)C(=O)NC1CCCC1. The average molecular weight is 256 g/mol. The highest BCUT2D eigenvalue weighted by Crippen LogP contribution is 2.17. The molecule has 0 radical (unpaired) electrons. The van der Waals surface area contributed by atoms with Crippen molar-refractivity contribution in [1.29, 1.82) is 0 Å². The molecule has 1 atom stereocenters. The molecule has 1 saturated carbocycles. The molecule has 1 unspecified atom stereocenters. The Morgan fingerprint density at radius 2 is 1.94 bits per heavy atom. The summed E-state index contributed by atoms with van der Waals surface area (Å²) in [6.07, 6.45) is 5.33. The average Bonchev–Trinajstić information content (AvgIpc) is 2.80. The molecule has 1 aliphatic rings. The van der Waals surface area contributed by atoms with Gasteiger partial charge in [0.05, 0.1) is 0 Å². The quantitative estimate of drug-likeness (QED) is 0.652. The van der Waals surface area contributed by atoms with E-state index >= 15 is 0 Å². The molecule has 0 spiro atoms. The number of amides is 1. The van der Waals surface area contributed by atoms with Gasteiger partial charge in [-0.1, -0.05) is 26.7 Å². The fourth-order valence-corrected chi connectivity index (χ4v) is 2.19. The van der Waals surface area contributed by atoms with Crippen molar-refractivity contribution in [3.63, 3.8) is 0 Å². The van der Waals surface area contributed by atoms with Crippen LogP contribution in [0.4, 0.5) is 0 Å². The molecule has 0 heterocycles. The van der Waals surface area contributed by atoms with E-state index in [0.29, 0.717) is 18.7 Å². The van der Waals surface area contributed by atoms with Gasteiger partial charge in [0.1, 0.15) is 6.10 Å². The third kappa shape index (κ3) is 6.36. The van der Waals surface area contributed by atoms with Crippen LogP contribution in [0, 0.1) is 0 Å². The molecule has 1 aliphatic carbocycles. The maximum absolute atomic E-state index is 11.8. The highest BCUT2D eigenvalue weighted by molar-refractivity contribution is 5.80. The molecular formula is C14H28N2O2. The largest absolute Gasteiger partial charge is 0.369 e. The zero-order valence-corrected chi connectivity index (χ0v) is 12.0. The minimum atomic E-state index is -0.329. The van der Waals surface area contributed by atoms with Crippen LogP contribution < -0.4 is 10.6 Å². The first-order valence-electron chi connectivity index (χ1n) is 7.25. The third-order valence-corrected chi connectivity index (χ3v) is 3.31. The highest BCUT2D eigenvalue weighted by Gasteiger charge is 2.20. The van der Waals surface area contributed by atoms with E-state index in [4.69, 9.17) is 4.74 Å². The Balaban J connectivity index is 2.04. The maximum atomic E-state index is 11.8. The predicted molar refractivity (Wildman–Crippen MR) is 73.6 cm³/mol. The topological polar surface area (TPSA) is 50.4 Å². The summed E-state index contributed by atoms with van der Waals surface area (Å²) < 4.78 is 5.54. The fourth-order valence-electron chi connectivity index (χ4n) is 2.19. The minimum absolute atomic E-state index is 0.0405. The molecule has 0 aromatic rings. The van der Waals surface area contributed by atoms with E-state index in [9.17, 15) is 4.79 Å². The van der Waals surface area contributed by atoms with Crippen molar-refractivity contribution < 1.29 is 9.53 Å². The Morgan fingerprint density at radius 1 is 1.28 bits per heavy atom. The van der Waals surface area contributed by atoms with Gasteiger partial charge >= 0.3 is 0 Å². The summed E-state index contributed by atoms with van der Waals surface area (Å²) in [4.78, 5) is 11.8. The van der Waals surface area contributed by atoms with Crippen LogP contribution in [0.15, 0.2) is 0 Å². The Labute approximate surface area is 111 Å². The summed E-state index contributed by atoms with van der Waals surface area (Å²) in [5.41, 5.74) is 0. The van der Waals surface area contributed by atoms with Crippen LogP contribution in [0.25, 0.3) is 0 Å². The van der Waals surface area contributed by atoms with E-state index in [1.165, 1.54) is 12.8 Å². The minimum Gasteiger partial charge on any atom is -0.369 e. The molecule has 1 rings (SSSR count). The summed E-state index contributed by atoms with van der Waals surface area (Å²) in [6.45, 7) is 7.66. The molecule has 0 bridgehead atoms. The number of hydrogen-bond acceptors (Lipinski definition) is 3. The fraction of sp³-hybridized carbons (Fsp3) is 0.929. The van der Waals surface area contributed by atoms with Gasteiger partial charge in [0, 0.05) is 18.7 Å². The van der Waals surface area contributed by atoms with E-state index in [1.807, 2.05) is 6.92 Å². The van der Waals surface area contributed by atoms with E-state index in [1.54, 1.807) is 0 Å². The molecule has 1 fully saturated rings. The van der Waals surface area contributed by atoms with Crippen LogP contribution in [-0.2, 0) is 9.53 Å². The summed E-state index contributed by atoms with van der Waals surface area (Å²) in [5.74, 6) is 0.0405. The summed E-state index contributed by atoms with van der Waals surface area (Å²) in [5, 5.41) is 6.38. The van der Waals surface area contributed by atoms with Crippen molar-refractivity contribution >= 4 is 5.91 Å². The van der Waals surface area contributed by atoms with Crippen LogP contribution in [0.3, 0.4) is 0 Å². The lowest BCUT2D eigenvalue weighted by Crippen LogP contribution is -2.40. The second-order valence-corrected chi connectivity index (χ2v) is 5.47. The van der Waals surface area contributed by atoms with Crippen LogP contribution in [0.2, 0.25) is 0 Å². The van der Waals surface area contributed by atoms with E-state index in [2.05, 4.69) is 24.5 Å². The normalized spacial score (nSPS) is 18.2. The van der Waals surface area contributed by atoms with Crippen LogP contribution in [0.5, 0.6) is 0 Å². The summed E-state index contributed by atoms with van der Waals surface area (Å²) in [7, 11) is 0. The predicted octanol–water partition coefficient (Wildman–Crippen LogP) is 1.84. The lowest BCUT2D eigenvalue weighted by molar-refractivity contribution is -0.132. The van der Waals surface area contributed by atoms with Gasteiger partial charge in [-0.05, 0) is 32.7 Å². The van der Waals surface area contributed by atoms with E-state index < -0.39 is 0 Å². The molecule has 4 heteroatoms. The standard InChI is InChI=1S/C14H28N2O2/c1-11(2)15-9-6-10-18-12(3)14(17)16-13-7-4-5-8-13/h11-13,15H,4-10H2,1-3H3,(H,16,17). The number of rotatable bonds is 8. The first-order chi connectivity index (χ1) is 8.59. The number of carbonyl (C=O) groups excluding carboxylic acids is 1. The van der Waals surface area contributed by atoms with E-state index in [-0.39, 0.29) is 12.0 Å². The van der Waals surface area contributed by atoms with E-state index in [0.717, 1.165) is 25.8 Å². The van der Waals surface area contributed by atoms with Gasteiger partial charge in [0.2, 0.25) is 5.91 Å². The highest BCUT2D eigenvalue weighted by atomic mass is 16.5. The van der Waals surface area contributed by atoms with Gasteiger partial charge in [0.25, 0.3) is 0 Å². The Hall–Kier alpha value is -0.610. The number of ether oxygens (including phenoxy) is 1. The second kappa shape index (κ2) is 8.48. The summed E-state index contributed by atoms with van der Waals surface area (Å²) in [6, 6.07) is 0.888. The monoisotopic (exact) mass is 256 g/mol. The van der Waals surface area contributed by atoms with Crippen LogP contribution in [0.1, 0.15) is 52.9 Å². The molecule has 1 amide bonds. The smallest absolute Gasteiger partial charge is 0.249 e. The van der Waals surface area contributed by atoms with Gasteiger partial charge in [-0.25, -0.2) is 0 Å². The van der Waals surface area contributed by atoms with Crippen molar-refractivity contribution in [3.8, 4) is 0 Å². The molecule has 0 aromatic heterocycles. The van der Waals surface area contributed by atoms with Crippen LogP contribution >= 0.6 is 0 Å². The number of nitrogens with one attached hydrogen (secondary N) is 2. The maximum Gasteiger partial charge on any atom is 0.249 e. The molecule has 0 aliphatic heterocycles. The zero-order valence-electron chi connectivity index (χ0n) is 12.0. The first kappa shape index (κ1) is 15.4. The number of hydrogen-bond donors (Lipinski definition) is 2. The second-order valence-electron chi connectivity index (χ2n) is 5.47. The van der Waals surface area contributed by atoms with Crippen molar-refractivity contribution in [2.24, 2.45) is 0 Å². The first-order valence-corrected chi connectivity index (χ1v) is 7.25. The van der Waals surface area contributed by atoms with Crippen molar-refractivity contribution in [2.75, 3.05) is 13.2 Å².